The van der Waals surface area contributed by atoms with E-state index in [0.717, 1.165) is 17.5 Å². The molecule has 3 rings (SSSR count). The lowest BCUT2D eigenvalue weighted by molar-refractivity contribution is 0.0964. The summed E-state index contributed by atoms with van der Waals surface area (Å²) in [6.45, 7) is 8.97. The van der Waals surface area contributed by atoms with Crippen LogP contribution in [0.4, 0.5) is 0 Å². The highest BCUT2D eigenvalue weighted by atomic mass is 16.5. The molecule has 0 aliphatic heterocycles. The molecule has 0 radical (unpaired) electrons. The number of hydrogen-bond acceptors (Lipinski definition) is 8. The van der Waals surface area contributed by atoms with Gasteiger partial charge in [-0.05, 0) is 36.1 Å². The lowest BCUT2D eigenvalue weighted by Gasteiger charge is -2.21. The molecular weight excluding hydrogens is 438 g/mol. The fraction of sp³-hybridized carbons (Fsp3) is 0.500. The minimum atomic E-state index is -0.191. The van der Waals surface area contributed by atoms with Crippen molar-refractivity contribution in [1.29, 1.82) is 5.41 Å². The van der Waals surface area contributed by atoms with Gasteiger partial charge in [-0.15, -0.1) is 10.2 Å². The Morgan fingerprint density at radius 3 is 2.53 bits per heavy atom. The zero-order chi connectivity index (χ0) is 24.9. The van der Waals surface area contributed by atoms with Crippen molar-refractivity contribution >= 4 is 11.4 Å². The van der Waals surface area contributed by atoms with Crippen molar-refractivity contribution in [3.05, 3.63) is 46.6 Å². The molecule has 184 valence electrons. The van der Waals surface area contributed by atoms with E-state index in [9.17, 15) is 4.79 Å². The van der Waals surface area contributed by atoms with Crippen LogP contribution in [0.25, 0.3) is 5.65 Å². The molecule has 10 nitrogen and oxygen atoms in total. The number of aliphatic hydroxyl groups excluding tert-OH is 1. The predicted molar refractivity (Wildman–Crippen MR) is 126 cm³/mol. The number of hydrogen-bond donors (Lipinski definition) is 2. The first kappa shape index (κ1) is 25.4. The molecule has 0 saturated carbocycles. The maximum Gasteiger partial charge on any atom is 0.242 e. The molecule has 0 unspecified atom stereocenters. The van der Waals surface area contributed by atoms with Crippen molar-refractivity contribution in [2.45, 2.75) is 46.1 Å². The summed E-state index contributed by atoms with van der Waals surface area (Å²) in [6, 6.07) is 7.24. The summed E-state index contributed by atoms with van der Waals surface area (Å²) < 4.78 is 19.0. The molecule has 0 bridgehead atoms. The van der Waals surface area contributed by atoms with Gasteiger partial charge in [-0.1, -0.05) is 20.8 Å². The number of methoxy groups -OCH3 is 1. The first-order chi connectivity index (χ1) is 16.1. The van der Waals surface area contributed by atoms with E-state index in [1.165, 1.54) is 9.20 Å². The lowest BCUT2D eigenvalue weighted by Crippen LogP contribution is -2.26. The Morgan fingerprint density at radius 1 is 1.09 bits per heavy atom. The van der Waals surface area contributed by atoms with Gasteiger partial charge in [-0.2, -0.15) is 4.52 Å². The highest BCUT2D eigenvalue weighted by Crippen LogP contribution is 2.28. The van der Waals surface area contributed by atoms with Crippen LogP contribution in [0.5, 0.6) is 11.6 Å². The number of carbonyl (C=O) groups excluding carboxylic acids is 1. The number of fused-ring (bicyclic) bond motifs is 1. The molecule has 10 heteroatoms. The molecule has 0 fully saturated rings. The molecule has 2 heterocycles. The summed E-state index contributed by atoms with van der Waals surface area (Å²) in [5.74, 6) is 0.710. The number of aryl methyl sites for hydroxylation is 1. The van der Waals surface area contributed by atoms with Gasteiger partial charge in [0.25, 0.3) is 0 Å². The highest BCUT2D eigenvalue weighted by Gasteiger charge is 2.20. The van der Waals surface area contributed by atoms with E-state index in [1.54, 1.807) is 19.2 Å². The van der Waals surface area contributed by atoms with Gasteiger partial charge in [-0.25, -0.2) is 4.68 Å². The van der Waals surface area contributed by atoms with E-state index in [1.807, 2.05) is 19.1 Å². The van der Waals surface area contributed by atoms with Crippen LogP contribution in [-0.4, -0.2) is 63.8 Å². The Balaban J connectivity index is 1.90. The minimum absolute atomic E-state index is 0.0519. The quantitative estimate of drug-likeness (QED) is 0.325. The SMILES string of the molecule is COCCCOc1cc(C(=O)Cn2nc3c(C)cc(OCCO)nn3c2=N)cc(C(C)(C)C)c1. The fourth-order valence-corrected chi connectivity index (χ4v) is 3.36. The molecule has 2 aromatic heterocycles. The summed E-state index contributed by atoms with van der Waals surface area (Å²) in [5.41, 5.74) is 2.45. The van der Waals surface area contributed by atoms with Crippen molar-refractivity contribution in [1.82, 2.24) is 19.4 Å². The first-order valence-corrected chi connectivity index (χ1v) is 11.2. The second-order valence-corrected chi connectivity index (χ2v) is 9.07. The number of benzene rings is 1. The Hall–Kier alpha value is -3.24. The number of carbonyl (C=O) groups is 1. The van der Waals surface area contributed by atoms with Gasteiger partial charge in [-0.3, -0.25) is 10.2 Å². The smallest absolute Gasteiger partial charge is 0.242 e. The fourth-order valence-electron chi connectivity index (χ4n) is 3.36. The lowest BCUT2D eigenvalue weighted by atomic mass is 9.85. The number of rotatable bonds is 11. The first-order valence-electron chi connectivity index (χ1n) is 11.2. The molecule has 0 spiro atoms. The van der Waals surface area contributed by atoms with E-state index in [-0.39, 0.29) is 42.5 Å². The average Bonchev–Trinajstić information content (AvgIpc) is 3.10. The zero-order valence-electron chi connectivity index (χ0n) is 20.4. The van der Waals surface area contributed by atoms with Crippen LogP contribution in [-0.2, 0) is 16.7 Å². The Kier molecular flexibility index (Phi) is 8.06. The van der Waals surface area contributed by atoms with Crippen molar-refractivity contribution in [2.75, 3.05) is 33.5 Å². The van der Waals surface area contributed by atoms with Crippen LogP contribution in [0.3, 0.4) is 0 Å². The number of ether oxygens (including phenoxy) is 3. The van der Waals surface area contributed by atoms with Gasteiger partial charge in [0.1, 0.15) is 18.9 Å². The summed E-state index contributed by atoms with van der Waals surface area (Å²) >= 11 is 0. The number of Topliss-reactive ketones (excluding diaryl/α,β-unsaturated/α-hetero) is 1. The van der Waals surface area contributed by atoms with Crippen molar-refractivity contribution in [3.8, 4) is 11.6 Å². The second kappa shape index (κ2) is 10.8. The van der Waals surface area contributed by atoms with Crippen LogP contribution < -0.4 is 15.1 Å². The van der Waals surface area contributed by atoms with E-state index >= 15 is 0 Å². The molecule has 2 N–H and O–H groups in total. The molecule has 34 heavy (non-hydrogen) atoms. The maximum absolute atomic E-state index is 13.2. The van der Waals surface area contributed by atoms with Gasteiger partial charge < -0.3 is 19.3 Å². The molecule has 0 saturated heterocycles. The molecule has 0 amide bonds. The highest BCUT2D eigenvalue weighted by molar-refractivity contribution is 5.96. The van der Waals surface area contributed by atoms with Crippen LogP contribution in [0.2, 0.25) is 0 Å². The number of aromatic nitrogens is 4. The largest absolute Gasteiger partial charge is 0.493 e. The average molecular weight is 472 g/mol. The summed E-state index contributed by atoms with van der Waals surface area (Å²) in [4.78, 5) is 13.2. The standard InChI is InChI=1S/C24H33N5O5/c1-16-11-21(34-10-7-30)26-29-22(16)27-28(23(29)25)15-20(31)17-12-18(24(2,3)4)14-19(13-17)33-9-6-8-32-5/h11-14,25,30H,6-10,15H2,1-5H3. The number of nitrogens with zero attached hydrogens (tertiary/aromatic N) is 4. The van der Waals surface area contributed by atoms with E-state index in [4.69, 9.17) is 24.7 Å². The number of nitrogens with one attached hydrogen (secondary N) is 1. The van der Waals surface area contributed by atoms with Crippen LogP contribution in [0.15, 0.2) is 24.3 Å². The summed E-state index contributed by atoms with van der Waals surface area (Å²) in [6.07, 6.45) is 0.745. The second-order valence-electron chi connectivity index (χ2n) is 9.07. The number of ketones is 1. The van der Waals surface area contributed by atoms with E-state index in [2.05, 4.69) is 31.0 Å². The molecule has 3 aromatic rings. The third kappa shape index (κ3) is 6.00. The Labute approximate surface area is 198 Å². The monoisotopic (exact) mass is 471 g/mol. The zero-order valence-corrected chi connectivity index (χ0v) is 20.4. The molecule has 0 aliphatic carbocycles. The van der Waals surface area contributed by atoms with Crippen LogP contribution in [0.1, 0.15) is 48.7 Å². The van der Waals surface area contributed by atoms with E-state index in [0.29, 0.717) is 30.2 Å². The molecule has 0 aliphatic rings. The maximum atomic E-state index is 13.2. The van der Waals surface area contributed by atoms with Gasteiger partial charge >= 0.3 is 0 Å². The van der Waals surface area contributed by atoms with Crippen molar-refractivity contribution in [2.24, 2.45) is 0 Å². The Bertz CT molecular complexity index is 1210. The van der Waals surface area contributed by atoms with E-state index < -0.39 is 0 Å². The van der Waals surface area contributed by atoms with Crippen LogP contribution >= 0.6 is 0 Å². The summed E-state index contributed by atoms with van der Waals surface area (Å²) in [7, 11) is 1.65. The van der Waals surface area contributed by atoms with Crippen molar-refractivity contribution in [3.63, 3.8) is 0 Å². The minimum Gasteiger partial charge on any atom is -0.493 e. The Morgan fingerprint density at radius 2 is 1.85 bits per heavy atom. The van der Waals surface area contributed by atoms with Crippen LogP contribution in [0, 0.1) is 12.3 Å². The topological polar surface area (TPSA) is 124 Å². The predicted octanol–water partition coefficient (Wildman–Crippen LogP) is 2.29. The molecular formula is C24H33N5O5. The number of aliphatic hydroxyl groups is 1. The van der Waals surface area contributed by atoms with Gasteiger partial charge in [0.05, 0.1) is 13.2 Å². The third-order valence-electron chi connectivity index (χ3n) is 5.24. The van der Waals surface area contributed by atoms with Crippen molar-refractivity contribution < 1.29 is 24.1 Å². The normalized spacial score (nSPS) is 11.7. The summed E-state index contributed by atoms with van der Waals surface area (Å²) in [5, 5.41) is 26.1. The van der Waals surface area contributed by atoms with Gasteiger partial charge in [0, 0.05) is 37.3 Å². The molecule has 0 atom stereocenters. The molecule has 1 aromatic carbocycles. The van der Waals surface area contributed by atoms with Gasteiger partial charge in [0.2, 0.25) is 11.5 Å². The van der Waals surface area contributed by atoms with Gasteiger partial charge in [0.15, 0.2) is 11.4 Å². The third-order valence-corrected chi connectivity index (χ3v) is 5.24.